The molecular formula is C14H19BrN2O. The highest BCUT2D eigenvalue weighted by Gasteiger charge is 2.25. The molecular weight excluding hydrogens is 292 g/mol. The molecule has 1 aliphatic carbocycles. The van der Waals surface area contributed by atoms with Crippen LogP contribution in [-0.2, 0) is 4.79 Å². The minimum absolute atomic E-state index is 0.0630. The summed E-state index contributed by atoms with van der Waals surface area (Å²) in [6.07, 6.45) is 3.85. The second-order valence-corrected chi connectivity index (χ2v) is 6.05. The maximum Gasteiger partial charge on any atom is 0.227 e. The third-order valence-electron chi connectivity index (χ3n) is 3.40. The number of anilines is 1. The molecule has 1 aliphatic rings. The second-order valence-electron chi connectivity index (χ2n) is 5.13. The Labute approximate surface area is 116 Å². The first kappa shape index (κ1) is 13.6. The van der Waals surface area contributed by atoms with Gasteiger partial charge in [0.1, 0.15) is 0 Å². The van der Waals surface area contributed by atoms with Crippen LogP contribution >= 0.6 is 15.9 Å². The molecule has 1 saturated carbocycles. The van der Waals surface area contributed by atoms with Gasteiger partial charge in [0.05, 0.1) is 0 Å². The van der Waals surface area contributed by atoms with Crippen LogP contribution < -0.4 is 11.1 Å². The van der Waals surface area contributed by atoms with Crippen LogP contribution in [0.15, 0.2) is 22.7 Å². The molecule has 0 bridgehead atoms. The number of amides is 1. The van der Waals surface area contributed by atoms with Gasteiger partial charge >= 0.3 is 0 Å². The maximum absolute atomic E-state index is 12.2. The van der Waals surface area contributed by atoms with E-state index in [0.717, 1.165) is 41.4 Å². The quantitative estimate of drug-likeness (QED) is 0.881. The summed E-state index contributed by atoms with van der Waals surface area (Å²) in [4.78, 5) is 12.2. The molecule has 2 unspecified atom stereocenters. The lowest BCUT2D eigenvalue weighted by molar-refractivity contribution is -0.120. The average Bonchev–Trinajstić information content (AvgIpc) is 2.27. The highest BCUT2D eigenvalue weighted by molar-refractivity contribution is 9.10. The molecule has 2 rings (SSSR count). The number of hydrogen-bond donors (Lipinski definition) is 2. The molecule has 1 amide bonds. The Morgan fingerprint density at radius 3 is 2.83 bits per heavy atom. The topological polar surface area (TPSA) is 55.1 Å². The van der Waals surface area contributed by atoms with Gasteiger partial charge in [-0.2, -0.15) is 0 Å². The van der Waals surface area contributed by atoms with E-state index in [4.69, 9.17) is 5.73 Å². The Morgan fingerprint density at radius 2 is 2.17 bits per heavy atom. The summed E-state index contributed by atoms with van der Waals surface area (Å²) in [6, 6.07) is 6.10. The van der Waals surface area contributed by atoms with E-state index in [1.807, 2.05) is 25.1 Å². The van der Waals surface area contributed by atoms with Crippen LogP contribution in [0.3, 0.4) is 0 Å². The van der Waals surface area contributed by atoms with E-state index in [1.54, 1.807) is 0 Å². The molecule has 0 heterocycles. The van der Waals surface area contributed by atoms with Crippen LogP contribution in [0.5, 0.6) is 0 Å². The number of rotatable bonds is 2. The number of carbonyl (C=O) groups excluding carboxylic acids is 1. The minimum atomic E-state index is 0.0630. The lowest BCUT2D eigenvalue weighted by Crippen LogP contribution is -2.34. The van der Waals surface area contributed by atoms with Gasteiger partial charge in [-0.25, -0.2) is 0 Å². The summed E-state index contributed by atoms with van der Waals surface area (Å²) < 4.78 is 0.984. The first-order chi connectivity index (χ1) is 8.54. The van der Waals surface area contributed by atoms with Crippen molar-refractivity contribution < 1.29 is 4.79 Å². The Morgan fingerprint density at radius 1 is 1.39 bits per heavy atom. The largest absolute Gasteiger partial charge is 0.328 e. The predicted molar refractivity (Wildman–Crippen MR) is 77.4 cm³/mol. The molecule has 3 N–H and O–H groups in total. The third-order valence-corrected chi connectivity index (χ3v) is 3.85. The van der Waals surface area contributed by atoms with Gasteiger partial charge in [-0.15, -0.1) is 0 Å². The Balaban J connectivity index is 2.02. The first-order valence-electron chi connectivity index (χ1n) is 6.38. The van der Waals surface area contributed by atoms with E-state index in [9.17, 15) is 4.79 Å². The van der Waals surface area contributed by atoms with Crippen LogP contribution in [0.4, 0.5) is 5.69 Å². The normalized spacial score (nSPS) is 23.7. The van der Waals surface area contributed by atoms with Crippen molar-refractivity contribution in [2.75, 3.05) is 5.32 Å². The summed E-state index contributed by atoms with van der Waals surface area (Å²) >= 11 is 3.44. The van der Waals surface area contributed by atoms with Crippen molar-refractivity contribution in [1.82, 2.24) is 0 Å². The monoisotopic (exact) mass is 310 g/mol. The molecule has 0 radical (unpaired) electrons. The molecule has 1 aromatic rings. The van der Waals surface area contributed by atoms with Crippen LogP contribution in [0.25, 0.3) is 0 Å². The van der Waals surface area contributed by atoms with Crippen molar-refractivity contribution >= 4 is 27.5 Å². The van der Waals surface area contributed by atoms with E-state index in [-0.39, 0.29) is 17.9 Å². The van der Waals surface area contributed by atoms with Gasteiger partial charge in [0.2, 0.25) is 5.91 Å². The van der Waals surface area contributed by atoms with Gasteiger partial charge in [0.15, 0.2) is 0 Å². The molecule has 0 aliphatic heterocycles. The summed E-state index contributed by atoms with van der Waals surface area (Å²) in [5.41, 5.74) is 7.89. The molecule has 3 nitrogen and oxygen atoms in total. The van der Waals surface area contributed by atoms with Crippen molar-refractivity contribution in [3.63, 3.8) is 0 Å². The summed E-state index contributed by atoms with van der Waals surface area (Å²) in [7, 11) is 0. The first-order valence-corrected chi connectivity index (χ1v) is 7.17. The van der Waals surface area contributed by atoms with Crippen molar-refractivity contribution in [3.8, 4) is 0 Å². The SMILES string of the molecule is Cc1cc(Br)cc(NC(=O)C2CCCC(N)C2)c1. The van der Waals surface area contributed by atoms with E-state index >= 15 is 0 Å². The molecule has 0 spiro atoms. The van der Waals surface area contributed by atoms with Crippen molar-refractivity contribution in [3.05, 3.63) is 28.2 Å². The van der Waals surface area contributed by atoms with E-state index < -0.39 is 0 Å². The number of carbonyl (C=O) groups is 1. The molecule has 98 valence electrons. The molecule has 4 heteroatoms. The third kappa shape index (κ3) is 3.56. The number of aryl methyl sites for hydroxylation is 1. The van der Waals surface area contributed by atoms with Gasteiger partial charge in [-0.1, -0.05) is 22.4 Å². The van der Waals surface area contributed by atoms with Gasteiger partial charge in [-0.3, -0.25) is 4.79 Å². The predicted octanol–water partition coefficient (Wildman–Crippen LogP) is 3.21. The fraction of sp³-hybridized carbons (Fsp3) is 0.500. The fourth-order valence-corrected chi connectivity index (χ4v) is 3.13. The molecule has 0 aromatic heterocycles. The summed E-state index contributed by atoms with van der Waals surface area (Å²) in [5.74, 6) is 0.163. The van der Waals surface area contributed by atoms with Crippen LogP contribution in [0.2, 0.25) is 0 Å². The fourth-order valence-electron chi connectivity index (χ4n) is 2.52. The molecule has 0 saturated heterocycles. The molecule has 1 aromatic carbocycles. The van der Waals surface area contributed by atoms with Crippen LogP contribution in [0.1, 0.15) is 31.2 Å². The van der Waals surface area contributed by atoms with Crippen molar-refractivity contribution in [1.29, 1.82) is 0 Å². The summed E-state index contributed by atoms with van der Waals surface area (Å²) in [5, 5.41) is 2.99. The van der Waals surface area contributed by atoms with Crippen LogP contribution in [-0.4, -0.2) is 11.9 Å². The van der Waals surface area contributed by atoms with Crippen molar-refractivity contribution in [2.24, 2.45) is 11.7 Å². The standard InChI is InChI=1S/C14H19BrN2O/c1-9-5-11(15)8-13(6-9)17-14(18)10-3-2-4-12(16)7-10/h5-6,8,10,12H,2-4,7,16H2,1H3,(H,17,18). The highest BCUT2D eigenvalue weighted by Crippen LogP contribution is 2.25. The smallest absolute Gasteiger partial charge is 0.227 e. The number of nitrogens with one attached hydrogen (secondary N) is 1. The van der Waals surface area contributed by atoms with Gasteiger partial charge in [-0.05, 0) is 49.9 Å². The van der Waals surface area contributed by atoms with E-state index in [2.05, 4.69) is 21.2 Å². The molecule has 18 heavy (non-hydrogen) atoms. The van der Waals surface area contributed by atoms with E-state index in [0.29, 0.717) is 0 Å². The van der Waals surface area contributed by atoms with Crippen LogP contribution in [0, 0.1) is 12.8 Å². The zero-order valence-electron chi connectivity index (χ0n) is 10.6. The van der Waals surface area contributed by atoms with Crippen molar-refractivity contribution in [2.45, 2.75) is 38.6 Å². The maximum atomic E-state index is 12.2. The Kier molecular flexibility index (Phi) is 4.40. The number of nitrogens with two attached hydrogens (primary N) is 1. The summed E-state index contributed by atoms with van der Waals surface area (Å²) in [6.45, 7) is 2.01. The van der Waals surface area contributed by atoms with Gasteiger partial charge < -0.3 is 11.1 Å². The minimum Gasteiger partial charge on any atom is -0.328 e. The van der Waals surface area contributed by atoms with Gasteiger partial charge in [0, 0.05) is 22.1 Å². The number of benzene rings is 1. The molecule has 1 fully saturated rings. The number of halogens is 1. The zero-order chi connectivity index (χ0) is 13.1. The van der Waals surface area contributed by atoms with Gasteiger partial charge in [0.25, 0.3) is 0 Å². The van der Waals surface area contributed by atoms with E-state index in [1.165, 1.54) is 0 Å². The Bertz CT molecular complexity index is 427. The molecule has 2 atom stereocenters. The highest BCUT2D eigenvalue weighted by atomic mass is 79.9. The average molecular weight is 311 g/mol. The second kappa shape index (κ2) is 5.85. The zero-order valence-corrected chi connectivity index (χ0v) is 12.2. The Hall–Kier alpha value is -0.870. The lowest BCUT2D eigenvalue weighted by atomic mass is 9.85. The number of hydrogen-bond acceptors (Lipinski definition) is 2. The lowest BCUT2D eigenvalue weighted by Gasteiger charge is -2.25.